The minimum absolute atomic E-state index is 0.299. The van der Waals surface area contributed by atoms with Crippen LogP contribution in [0, 0.1) is 17.0 Å². The first-order valence-electron chi connectivity index (χ1n) is 11.0. The molecule has 3 aromatic rings. The van der Waals surface area contributed by atoms with Gasteiger partial charge in [-0.05, 0) is 83.8 Å². The fourth-order valence-electron chi connectivity index (χ4n) is 5.83. The summed E-state index contributed by atoms with van der Waals surface area (Å²) in [5.74, 6) is -1.33. The van der Waals surface area contributed by atoms with Gasteiger partial charge < -0.3 is 11.5 Å². The number of hydroxylamine groups is 2. The number of fused-ring (bicyclic) bond motifs is 4. The zero-order valence-electron chi connectivity index (χ0n) is 18.2. The predicted octanol–water partition coefficient (Wildman–Crippen LogP) is 4.29. The molecule has 6 rings (SSSR count). The lowest BCUT2D eigenvalue weighted by Gasteiger charge is -2.44. The number of nitrogens with zero attached hydrogens (tertiary/aromatic N) is 2. The Balaban J connectivity index is 1.51. The van der Waals surface area contributed by atoms with Crippen LogP contribution in [-0.2, 0) is 29.8 Å². The molecule has 2 unspecified atom stereocenters. The lowest BCUT2D eigenvalue weighted by molar-refractivity contribution is -0.224. The molecule has 3 aromatic carbocycles. The summed E-state index contributed by atoms with van der Waals surface area (Å²) in [6, 6.07) is 16.7. The van der Waals surface area contributed by atoms with E-state index in [4.69, 9.17) is 21.3 Å². The minimum Gasteiger partial charge on any atom is -0.399 e. The highest BCUT2D eigenvalue weighted by Gasteiger charge is 2.63. The molecule has 3 aliphatic rings. The van der Waals surface area contributed by atoms with Crippen LogP contribution >= 0.6 is 0 Å². The third-order valence-corrected chi connectivity index (χ3v) is 7.45. The van der Waals surface area contributed by atoms with Gasteiger partial charge in [0.15, 0.2) is 11.6 Å². The standard InChI is InChI=1S/C26H24F2N4O/c1-32-24(30)31-26(33-32)21-10-16(15-3-2-4-20(29)9-15)5-6-18(21)13-25(26)8-7-17-11-22(27)23(28)12-19(17)14-25/h2-6,9-12H,7-8,13-14,29H2,1H3,(H2,30,31). The van der Waals surface area contributed by atoms with Crippen molar-refractivity contribution in [3.63, 3.8) is 0 Å². The monoisotopic (exact) mass is 446 g/mol. The average Bonchev–Trinajstić information content (AvgIpc) is 3.22. The second-order valence-corrected chi connectivity index (χ2v) is 9.37. The van der Waals surface area contributed by atoms with Crippen molar-refractivity contribution in [1.29, 1.82) is 0 Å². The number of nitrogen functional groups attached to an aromatic ring is 1. The molecule has 0 saturated carbocycles. The average molecular weight is 447 g/mol. The predicted molar refractivity (Wildman–Crippen MR) is 123 cm³/mol. The second kappa shape index (κ2) is 6.78. The largest absolute Gasteiger partial charge is 0.399 e. The molecular formula is C26H24F2N4O. The summed E-state index contributed by atoms with van der Waals surface area (Å²) < 4.78 is 28.0. The molecule has 2 spiro atoms. The summed E-state index contributed by atoms with van der Waals surface area (Å²) in [5.41, 5.74) is 17.2. The van der Waals surface area contributed by atoms with Crippen LogP contribution in [0.4, 0.5) is 14.5 Å². The Bertz CT molecular complexity index is 1340. The SMILES string of the molecule is CN1OC2(N=C1N)c1cc(-c3cccc(N)c3)ccc1CC21CCc2cc(F)c(F)cc2C1. The van der Waals surface area contributed by atoms with E-state index in [-0.39, 0.29) is 0 Å². The first-order valence-corrected chi connectivity index (χ1v) is 11.0. The molecule has 1 aliphatic heterocycles. The van der Waals surface area contributed by atoms with Gasteiger partial charge in [-0.2, -0.15) is 0 Å². The van der Waals surface area contributed by atoms with Crippen LogP contribution in [-0.4, -0.2) is 18.1 Å². The van der Waals surface area contributed by atoms with E-state index in [9.17, 15) is 8.78 Å². The molecule has 0 aromatic heterocycles. The number of rotatable bonds is 1. The lowest BCUT2D eigenvalue weighted by Crippen LogP contribution is -2.47. The molecule has 0 amide bonds. The molecular weight excluding hydrogens is 422 g/mol. The lowest BCUT2D eigenvalue weighted by atomic mass is 9.65. The molecule has 5 nitrogen and oxygen atoms in total. The number of hydrogen-bond acceptors (Lipinski definition) is 5. The van der Waals surface area contributed by atoms with Gasteiger partial charge in [0.05, 0.1) is 0 Å². The first kappa shape index (κ1) is 20.2. The molecule has 2 aliphatic carbocycles. The topological polar surface area (TPSA) is 76.9 Å². The van der Waals surface area contributed by atoms with E-state index in [2.05, 4.69) is 18.2 Å². The van der Waals surface area contributed by atoms with Crippen LogP contribution < -0.4 is 11.5 Å². The van der Waals surface area contributed by atoms with Gasteiger partial charge in [-0.15, -0.1) is 0 Å². The van der Waals surface area contributed by atoms with E-state index in [1.165, 1.54) is 17.2 Å². The summed E-state index contributed by atoms with van der Waals surface area (Å²) in [7, 11) is 1.74. The van der Waals surface area contributed by atoms with Crippen molar-refractivity contribution >= 4 is 11.6 Å². The highest BCUT2D eigenvalue weighted by molar-refractivity contribution is 5.79. The van der Waals surface area contributed by atoms with Crippen LogP contribution in [0.3, 0.4) is 0 Å². The maximum atomic E-state index is 14.1. The number of aliphatic imine (C=N–C) groups is 1. The van der Waals surface area contributed by atoms with E-state index in [0.717, 1.165) is 39.8 Å². The number of guanidine groups is 1. The van der Waals surface area contributed by atoms with Gasteiger partial charge >= 0.3 is 0 Å². The summed E-state index contributed by atoms with van der Waals surface area (Å²) in [4.78, 5) is 11.3. The fourth-order valence-corrected chi connectivity index (χ4v) is 5.83. The highest BCUT2D eigenvalue weighted by atomic mass is 19.2. The minimum atomic E-state index is -1.03. The summed E-state index contributed by atoms with van der Waals surface area (Å²) in [5, 5.41) is 1.50. The number of nitrogens with two attached hydrogens (primary N) is 2. The maximum absolute atomic E-state index is 14.1. The van der Waals surface area contributed by atoms with Crippen LogP contribution in [0.25, 0.3) is 11.1 Å². The first-order chi connectivity index (χ1) is 15.8. The Labute approximate surface area is 190 Å². The molecule has 7 heteroatoms. The molecule has 168 valence electrons. The quantitative estimate of drug-likeness (QED) is 0.547. The fraction of sp³-hybridized carbons (Fsp3) is 0.269. The van der Waals surface area contributed by atoms with Crippen LogP contribution in [0.1, 0.15) is 28.7 Å². The van der Waals surface area contributed by atoms with Crippen molar-refractivity contribution in [3.8, 4) is 11.1 Å². The van der Waals surface area contributed by atoms with Gasteiger partial charge in [0.25, 0.3) is 0 Å². The van der Waals surface area contributed by atoms with Gasteiger partial charge in [-0.25, -0.2) is 23.7 Å². The van der Waals surface area contributed by atoms with Crippen molar-refractivity contribution < 1.29 is 13.6 Å². The van der Waals surface area contributed by atoms with Gasteiger partial charge in [0.2, 0.25) is 11.7 Å². The molecule has 2 atom stereocenters. The number of aryl methyl sites for hydroxylation is 1. The Morgan fingerprint density at radius 2 is 1.64 bits per heavy atom. The van der Waals surface area contributed by atoms with Crippen LogP contribution in [0.2, 0.25) is 0 Å². The van der Waals surface area contributed by atoms with Crippen LogP contribution in [0.15, 0.2) is 59.6 Å². The van der Waals surface area contributed by atoms with Gasteiger partial charge in [0.1, 0.15) is 0 Å². The maximum Gasteiger partial charge on any atom is 0.221 e. The Hall–Kier alpha value is -3.45. The Kier molecular flexibility index (Phi) is 4.14. The number of halogens is 2. The molecule has 0 radical (unpaired) electrons. The van der Waals surface area contributed by atoms with Gasteiger partial charge in [-0.1, -0.05) is 24.3 Å². The van der Waals surface area contributed by atoms with Crippen molar-refractivity contribution in [2.75, 3.05) is 12.8 Å². The Morgan fingerprint density at radius 3 is 2.36 bits per heavy atom. The zero-order chi connectivity index (χ0) is 23.0. The highest BCUT2D eigenvalue weighted by Crippen LogP contribution is 2.61. The van der Waals surface area contributed by atoms with E-state index >= 15 is 0 Å². The molecule has 33 heavy (non-hydrogen) atoms. The third kappa shape index (κ3) is 2.82. The molecule has 0 bridgehead atoms. The normalized spacial score (nSPS) is 25.4. The third-order valence-electron chi connectivity index (χ3n) is 7.45. The number of anilines is 1. The smallest absolute Gasteiger partial charge is 0.221 e. The van der Waals surface area contributed by atoms with E-state index in [0.29, 0.717) is 30.9 Å². The zero-order valence-corrected chi connectivity index (χ0v) is 18.2. The van der Waals surface area contributed by atoms with Crippen molar-refractivity contribution in [3.05, 3.63) is 88.5 Å². The van der Waals surface area contributed by atoms with Crippen LogP contribution in [0.5, 0.6) is 0 Å². The summed E-state index contributed by atoms with van der Waals surface area (Å²) in [6.07, 6.45) is 2.57. The van der Waals surface area contributed by atoms with Crippen molar-refractivity contribution in [2.45, 2.75) is 31.4 Å². The molecule has 4 N–H and O–H groups in total. The molecule has 1 heterocycles. The second-order valence-electron chi connectivity index (χ2n) is 9.37. The Morgan fingerprint density at radius 1 is 0.909 bits per heavy atom. The van der Waals surface area contributed by atoms with Crippen molar-refractivity contribution in [2.24, 2.45) is 16.1 Å². The van der Waals surface area contributed by atoms with Crippen molar-refractivity contribution in [1.82, 2.24) is 5.06 Å². The van der Waals surface area contributed by atoms with E-state index in [1.807, 2.05) is 24.3 Å². The number of benzene rings is 3. The van der Waals surface area contributed by atoms with Gasteiger partial charge in [0, 0.05) is 23.7 Å². The summed E-state index contributed by atoms with van der Waals surface area (Å²) in [6.45, 7) is 0. The molecule has 0 fully saturated rings. The molecule has 0 saturated heterocycles. The summed E-state index contributed by atoms with van der Waals surface area (Å²) >= 11 is 0. The number of hydrogen-bond donors (Lipinski definition) is 2. The van der Waals surface area contributed by atoms with E-state index in [1.54, 1.807) is 7.05 Å². The van der Waals surface area contributed by atoms with E-state index < -0.39 is 22.8 Å². The van der Waals surface area contributed by atoms with Gasteiger partial charge in [-0.3, -0.25) is 0 Å².